The molecule has 5 heteroatoms. The maximum Gasteiger partial charge on any atom is 0.191 e. The molecule has 1 atom stereocenters. The number of hydrogen-bond donors (Lipinski definition) is 3. The van der Waals surface area contributed by atoms with Crippen molar-refractivity contribution in [3.63, 3.8) is 0 Å². The first-order chi connectivity index (χ1) is 12.2. The maximum absolute atomic E-state index is 10.3. The Hall–Kier alpha value is -1.59. The van der Waals surface area contributed by atoms with Crippen molar-refractivity contribution in [1.82, 2.24) is 10.6 Å². The van der Waals surface area contributed by atoms with E-state index in [1.165, 1.54) is 19.3 Å². The normalized spacial score (nSPS) is 17.6. The van der Waals surface area contributed by atoms with Crippen LogP contribution in [0.5, 0.6) is 0 Å². The summed E-state index contributed by atoms with van der Waals surface area (Å²) < 4.78 is 5.25. The zero-order valence-electron chi connectivity index (χ0n) is 15.6. The predicted molar refractivity (Wildman–Crippen MR) is 103 cm³/mol. The molecule has 5 nitrogen and oxygen atoms in total. The Bertz CT molecular complexity index is 515. The van der Waals surface area contributed by atoms with Crippen LogP contribution in [-0.2, 0) is 11.2 Å². The van der Waals surface area contributed by atoms with Crippen LogP contribution in [0.1, 0.15) is 38.2 Å². The second kappa shape index (κ2) is 10.4. The molecule has 140 valence electrons. The SMILES string of the molecule is CCNC(=NCC1(CCOC)CCC1)NCC(O)Cc1ccccc1. The first kappa shape index (κ1) is 19.7. The summed E-state index contributed by atoms with van der Waals surface area (Å²) in [5.41, 5.74) is 1.45. The van der Waals surface area contributed by atoms with Gasteiger partial charge < -0.3 is 20.5 Å². The lowest BCUT2D eigenvalue weighted by molar-refractivity contribution is 0.0778. The van der Waals surface area contributed by atoms with Crippen molar-refractivity contribution < 1.29 is 9.84 Å². The van der Waals surface area contributed by atoms with Crippen LogP contribution in [-0.4, -0.2) is 50.5 Å². The number of aliphatic imine (C=N–C) groups is 1. The van der Waals surface area contributed by atoms with Crippen molar-refractivity contribution in [3.8, 4) is 0 Å². The molecule has 0 spiro atoms. The van der Waals surface area contributed by atoms with Crippen molar-refractivity contribution in [2.24, 2.45) is 10.4 Å². The molecule has 0 aliphatic heterocycles. The van der Waals surface area contributed by atoms with Crippen LogP contribution in [0.2, 0.25) is 0 Å². The smallest absolute Gasteiger partial charge is 0.191 e. The van der Waals surface area contributed by atoms with Crippen LogP contribution in [0.4, 0.5) is 0 Å². The molecule has 1 aromatic carbocycles. The van der Waals surface area contributed by atoms with Crippen molar-refractivity contribution in [2.45, 2.75) is 45.1 Å². The van der Waals surface area contributed by atoms with Gasteiger partial charge in [-0.15, -0.1) is 0 Å². The van der Waals surface area contributed by atoms with Crippen LogP contribution >= 0.6 is 0 Å². The van der Waals surface area contributed by atoms with E-state index in [9.17, 15) is 5.11 Å². The van der Waals surface area contributed by atoms with Crippen molar-refractivity contribution in [2.75, 3.05) is 33.4 Å². The summed E-state index contributed by atoms with van der Waals surface area (Å²) in [5.74, 6) is 0.790. The second-order valence-corrected chi connectivity index (χ2v) is 7.02. The minimum atomic E-state index is -0.433. The van der Waals surface area contributed by atoms with Crippen molar-refractivity contribution in [1.29, 1.82) is 0 Å². The summed E-state index contributed by atoms with van der Waals surface area (Å²) in [7, 11) is 1.76. The van der Waals surface area contributed by atoms with E-state index in [4.69, 9.17) is 9.73 Å². The monoisotopic (exact) mass is 347 g/mol. The molecule has 0 amide bonds. The van der Waals surface area contributed by atoms with Gasteiger partial charge in [0, 0.05) is 39.8 Å². The summed E-state index contributed by atoms with van der Waals surface area (Å²) in [5, 5.41) is 16.8. The lowest BCUT2D eigenvalue weighted by atomic mass is 9.67. The number of aliphatic hydroxyl groups is 1. The average Bonchev–Trinajstić information content (AvgIpc) is 2.59. The lowest BCUT2D eigenvalue weighted by Crippen LogP contribution is -2.43. The molecule has 0 saturated heterocycles. The summed E-state index contributed by atoms with van der Waals surface area (Å²) in [4.78, 5) is 4.77. The largest absolute Gasteiger partial charge is 0.391 e. The number of rotatable bonds is 10. The van der Waals surface area contributed by atoms with E-state index in [1.807, 2.05) is 30.3 Å². The van der Waals surface area contributed by atoms with E-state index in [-0.39, 0.29) is 0 Å². The van der Waals surface area contributed by atoms with E-state index in [1.54, 1.807) is 7.11 Å². The number of aliphatic hydroxyl groups excluding tert-OH is 1. The Kier molecular flexibility index (Phi) is 8.22. The van der Waals surface area contributed by atoms with Crippen LogP contribution in [0.15, 0.2) is 35.3 Å². The third-order valence-corrected chi connectivity index (χ3v) is 4.99. The summed E-state index contributed by atoms with van der Waals surface area (Å²) in [6, 6.07) is 10.1. The zero-order chi connectivity index (χ0) is 18.0. The number of guanidine groups is 1. The zero-order valence-corrected chi connectivity index (χ0v) is 15.6. The van der Waals surface area contributed by atoms with Gasteiger partial charge >= 0.3 is 0 Å². The first-order valence-electron chi connectivity index (χ1n) is 9.40. The van der Waals surface area contributed by atoms with Crippen LogP contribution < -0.4 is 10.6 Å². The number of nitrogens with zero attached hydrogens (tertiary/aromatic N) is 1. The number of nitrogens with one attached hydrogen (secondary N) is 2. The van der Waals surface area contributed by atoms with Gasteiger partial charge in [-0.3, -0.25) is 4.99 Å². The summed E-state index contributed by atoms with van der Waals surface area (Å²) in [6.45, 7) is 4.98. The third kappa shape index (κ3) is 6.67. The Morgan fingerprint density at radius 3 is 2.64 bits per heavy atom. The van der Waals surface area contributed by atoms with Gasteiger partial charge in [-0.05, 0) is 37.2 Å². The minimum Gasteiger partial charge on any atom is -0.391 e. The second-order valence-electron chi connectivity index (χ2n) is 7.02. The van der Waals surface area contributed by atoms with Gasteiger partial charge in [0.1, 0.15) is 0 Å². The molecule has 2 rings (SSSR count). The molecular weight excluding hydrogens is 314 g/mol. The fourth-order valence-corrected chi connectivity index (χ4v) is 3.24. The quantitative estimate of drug-likeness (QED) is 0.449. The molecule has 0 aromatic heterocycles. The molecule has 3 N–H and O–H groups in total. The first-order valence-corrected chi connectivity index (χ1v) is 9.40. The summed E-state index contributed by atoms with van der Waals surface area (Å²) >= 11 is 0. The van der Waals surface area contributed by atoms with Crippen LogP contribution in [0.25, 0.3) is 0 Å². The van der Waals surface area contributed by atoms with Crippen LogP contribution in [0.3, 0.4) is 0 Å². The van der Waals surface area contributed by atoms with E-state index in [0.717, 1.165) is 37.6 Å². The van der Waals surface area contributed by atoms with E-state index in [0.29, 0.717) is 18.4 Å². The van der Waals surface area contributed by atoms with Gasteiger partial charge in [0.05, 0.1) is 6.10 Å². The summed E-state index contributed by atoms with van der Waals surface area (Å²) in [6.07, 6.45) is 5.04. The molecule has 1 saturated carbocycles. The fraction of sp³-hybridized carbons (Fsp3) is 0.650. The van der Waals surface area contributed by atoms with Gasteiger partial charge in [0.25, 0.3) is 0 Å². The molecule has 1 aromatic rings. The van der Waals surface area contributed by atoms with E-state index in [2.05, 4.69) is 17.6 Å². The molecule has 1 fully saturated rings. The molecule has 1 aliphatic carbocycles. The van der Waals surface area contributed by atoms with Gasteiger partial charge in [0.2, 0.25) is 0 Å². The lowest BCUT2D eigenvalue weighted by Gasteiger charge is -2.40. The highest BCUT2D eigenvalue weighted by Gasteiger charge is 2.36. The van der Waals surface area contributed by atoms with Gasteiger partial charge in [-0.1, -0.05) is 36.8 Å². The Balaban J connectivity index is 1.82. The van der Waals surface area contributed by atoms with E-state index >= 15 is 0 Å². The van der Waals surface area contributed by atoms with E-state index < -0.39 is 6.10 Å². The molecule has 1 unspecified atom stereocenters. The Morgan fingerprint density at radius 1 is 1.28 bits per heavy atom. The Morgan fingerprint density at radius 2 is 2.04 bits per heavy atom. The minimum absolute atomic E-state index is 0.307. The highest BCUT2D eigenvalue weighted by Crippen LogP contribution is 2.44. The molecule has 25 heavy (non-hydrogen) atoms. The third-order valence-electron chi connectivity index (χ3n) is 4.99. The maximum atomic E-state index is 10.3. The highest BCUT2D eigenvalue weighted by atomic mass is 16.5. The van der Waals surface area contributed by atoms with Crippen molar-refractivity contribution in [3.05, 3.63) is 35.9 Å². The predicted octanol–water partition coefficient (Wildman–Crippen LogP) is 2.35. The fourth-order valence-electron chi connectivity index (χ4n) is 3.24. The number of ether oxygens (including phenoxy) is 1. The molecule has 1 aliphatic rings. The standard InChI is InChI=1S/C20H33N3O2/c1-3-21-19(23-16-20(10-7-11-20)12-13-25-2)22-15-18(24)14-17-8-5-4-6-9-17/h4-6,8-9,18,24H,3,7,10-16H2,1-2H3,(H2,21,22,23). The van der Waals surface area contributed by atoms with Crippen LogP contribution in [0, 0.1) is 5.41 Å². The molecule has 0 bridgehead atoms. The highest BCUT2D eigenvalue weighted by molar-refractivity contribution is 5.79. The molecule has 0 radical (unpaired) electrons. The van der Waals surface area contributed by atoms with Gasteiger partial charge in [-0.2, -0.15) is 0 Å². The average molecular weight is 348 g/mol. The Labute approximate surface area is 151 Å². The van der Waals surface area contributed by atoms with Gasteiger partial charge in [-0.25, -0.2) is 0 Å². The number of hydrogen-bond acceptors (Lipinski definition) is 3. The molecular formula is C20H33N3O2. The van der Waals surface area contributed by atoms with Gasteiger partial charge in [0.15, 0.2) is 5.96 Å². The topological polar surface area (TPSA) is 65.9 Å². The number of methoxy groups -OCH3 is 1. The number of benzene rings is 1. The van der Waals surface area contributed by atoms with Crippen molar-refractivity contribution >= 4 is 5.96 Å². The molecule has 0 heterocycles.